The molecule has 3 aromatic rings. The SMILES string of the molecule is O=C(CN1CN(c2ccccc2)C2(CCN(C(=O)[C@H](NC(=O)[C@H]3Cc4ccccc4CN3)c3ccccc3)CC2)C1=O)NC1CCCCC1. The topological polar surface area (TPSA) is 114 Å². The first kappa shape index (κ1) is 32.8. The molecule has 3 heterocycles. The van der Waals surface area contributed by atoms with Gasteiger partial charge in [0.2, 0.25) is 17.7 Å². The van der Waals surface area contributed by atoms with Crippen LogP contribution in [-0.2, 0) is 32.1 Å². The molecule has 3 fully saturated rings. The van der Waals surface area contributed by atoms with Gasteiger partial charge in [0.15, 0.2) is 0 Å². The van der Waals surface area contributed by atoms with Gasteiger partial charge in [0.1, 0.15) is 18.1 Å². The van der Waals surface area contributed by atoms with Crippen LogP contribution in [0.15, 0.2) is 84.9 Å². The predicted molar refractivity (Wildman–Crippen MR) is 187 cm³/mol. The van der Waals surface area contributed by atoms with Gasteiger partial charge < -0.3 is 30.7 Å². The summed E-state index contributed by atoms with van der Waals surface area (Å²) in [5.41, 5.74) is 3.08. The molecule has 49 heavy (non-hydrogen) atoms. The lowest BCUT2D eigenvalue weighted by Gasteiger charge is -2.44. The average molecular weight is 663 g/mol. The van der Waals surface area contributed by atoms with Crippen LogP contribution in [0.1, 0.15) is 67.7 Å². The fourth-order valence-corrected chi connectivity index (χ4v) is 8.11. The van der Waals surface area contributed by atoms with Gasteiger partial charge in [-0.25, -0.2) is 0 Å². The molecule has 256 valence electrons. The molecule has 10 heteroatoms. The highest BCUT2D eigenvalue weighted by Crippen LogP contribution is 2.40. The van der Waals surface area contributed by atoms with Crippen molar-refractivity contribution in [3.8, 4) is 0 Å². The number of fused-ring (bicyclic) bond motifs is 1. The number of nitrogens with one attached hydrogen (secondary N) is 3. The first-order valence-electron chi connectivity index (χ1n) is 17.8. The molecule has 4 amide bonds. The summed E-state index contributed by atoms with van der Waals surface area (Å²) in [4.78, 5) is 60.9. The normalized spacial score (nSPS) is 21.3. The highest BCUT2D eigenvalue weighted by atomic mass is 16.2. The van der Waals surface area contributed by atoms with Gasteiger partial charge in [-0.05, 0) is 60.9 Å². The van der Waals surface area contributed by atoms with Crippen molar-refractivity contribution < 1.29 is 19.2 Å². The lowest BCUT2D eigenvalue weighted by Crippen LogP contribution is -2.59. The minimum absolute atomic E-state index is 0.0187. The molecule has 10 nitrogen and oxygen atoms in total. The zero-order chi connectivity index (χ0) is 33.8. The van der Waals surface area contributed by atoms with E-state index in [-0.39, 0.29) is 36.2 Å². The fraction of sp³-hybridized carbons (Fsp3) is 0.436. The Kier molecular flexibility index (Phi) is 9.66. The molecule has 0 aromatic heterocycles. The summed E-state index contributed by atoms with van der Waals surface area (Å²) in [5.74, 6) is -0.589. The average Bonchev–Trinajstić information content (AvgIpc) is 3.40. The van der Waals surface area contributed by atoms with E-state index in [2.05, 4.69) is 26.9 Å². The lowest BCUT2D eigenvalue weighted by molar-refractivity contribution is -0.142. The summed E-state index contributed by atoms with van der Waals surface area (Å²) in [6.07, 6.45) is 6.81. The Labute approximate surface area is 288 Å². The first-order chi connectivity index (χ1) is 23.9. The van der Waals surface area contributed by atoms with E-state index in [1.807, 2.05) is 78.9 Å². The van der Waals surface area contributed by atoms with Crippen LogP contribution in [-0.4, -0.2) is 77.4 Å². The second kappa shape index (κ2) is 14.4. The number of nitrogens with zero attached hydrogens (tertiary/aromatic N) is 3. The summed E-state index contributed by atoms with van der Waals surface area (Å²) < 4.78 is 0. The molecule has 0 radical (unpaired) electrons. The summed E-state index contributed by atoms with van der Waals surface area (Å²) >= 11 is 0. The fourth-order valence-electron chi connectivity index (χ4n) is 8.11. The standard InChI is InChI=1S/C39H46N6O4/c46-34(41-31-16-6-2-7-17-31)26-44-27-45(32-18-8-3-9-19-32)39(38(44)49)20-22-43(23-21-39)37(48)35(28-12-4-1-5-13-28)42-36(47)33-24-29-14-10-11-15-30(29)25-40-33/h1,3-5,8-15,18-19,31,33,35,40H,2,6-7,16-17,20-27H2,(H,41,46)(H,42,47)/t33-,35-/m1/s1. The van der Waals surface area contributed by atoms with E-state index >= 15 is 0 Å². The van der Waals surface area contributed by atoms with Gasteiger partial charge in [0.25, 0.3) is 5.91 Å². The predicted octanol–water partition coefficient (Wildman–Crippen LogP) is 3.67. The van der Waals surface area contributed by atoms with Gasteiger partial charge in [0.05, 0.1) is 12.7 Å². The lowest BCUT2D eigenvalue weighted by atomic mass is 9.85. The Hall–Kier alpha value is -4.70. The van der Waals surface area contributed by atoms with Crippen LogP contribution in [0, 0.1) is 0 Å². The zero-order valence-electron chi connectivity index (χ0n) is 28.0. The number of carbonyl (C=O) groups is 4. The van der Waals surface area contributed by atoms with Crippen molar-refractivity contribution in [3.63, 3.8) is 0 Å². The minimum Gasteiger partial charge on any atom is -0.352 e. The molecule has 7 rings (SSSR count). The van der Waals surface area contributed by atoms with Gasteiger partial charge >= 0.3 is 0 Å². The Bertz CT molecular complexity index is 1650. The molecular formula is C39H46N6O4. The maximum absolute atomic E-state index is 14.3. The number of amides is 4. The first-order valence-corrected chi connectivity index (χ1v) is 17.8. The van der Waals surface area contributed by atoms with E-state index in [4.69, 9.17) is 0 Å². The van der Waals surface area contributed by atoms with Crippen molar-refractivity contribution in [2.45, 2.75) is 81.6 Å². The van der Waals surface area contributed by atoms with E-state index in [0.29, 0.717) is 45.6 Å². The van der Waals surface area contributed by atoms with E-state index in [0.717, 1.165) is 42.5 Å². The summed E-state index contributed by atoms with van der Waals surface area (Å²) in [6, 6.07) is 26.2. The maximum atomic E-state index is 14.3. The van der Waals surface area contributed by atoms with Gasteiger partial charge in [-0.15, -0.1) is 0 Å². The molecule has 0 unspecified atom stereocenters. The summed E-state index contributed by atoms with van der Waals surface area (Å²) in [5, 5.41) is 9.57. The molecule has 0 bridgehead atoms. The molecule has 3 aromatic carbocycles. The number of hydrogen-bond acceptors (Lipinski definition) is 6. The molecule has 1 spiro atoms. The van der Waals surface area contributed by atoms with E-state index in [9.17, 15) is 19.2 Å². The van der Waals surface area contributed by atoms with Crippen molar-refractivity contribution in [2.24, 2.45) is 0 Å². The Morgan fingerprint density at radius 3 is 2.20 bits per heavy atom. The third-order valence-corrected chi connectivity index (χ3v) is 10.9. The highest BCUT2D eigenvalue weighted by molar-refractivity contribution is 5.97. The van der Waals surface area contributed by atoms with Crippen LogP contribution < -0.4 is 20.9 Å². The number of rotatable bonds is 8. The van der Waals surface area contributed by atoms with Crippen molar-refractivity contribution in [2.75, 3.05) is 31.2 Å². The number of hydrogen-bond donors (Lipinski definition) is 3. The second-order valence-electron chi connectivity index (χ2n) is 13.9. The molecule has 2 atom stereocenters. The monoisotopic (exact) mass is 662 g/mol. The number of anilines is 1. The molecule has 2 saturated heterocycles. The number of carbonyl (C=O) groups excluding carboxylic acids is 4. The molecule has 1 aliphatic carbocycles. The van der Waals surface area contributed by atoms with Crippen LogP contribution in [0.2, 0.25) is 0 Å². The van der Waals surface area contributed by atoms with Crippen molar-refractivity contribution in [3.05, 3.63) is 102 Å². The maximum Gasteiger partial charge on any atom is 0.250 e. The number of likely N-dealkylation sites (tertiary alicyclic amines) is 1. The number of benzene rings is 3. The van der Waals surface area contributed by atoms with Crippen LogP contribution in [0.5, 0.6) is 0 Å². The molecule has 1 saturated carbocycles. The Morgan fingerprint density at radius 1 is 0.837 bits per heavy atom. The van der Waals surface area contributed by atoms with Gasteiger partial charge in [-0.1, -0.05) is 92.1 Å². The summed E-state index contributed by atoms with van der Waals surface area (Å²) in [7, 11) is 0. The van der Waals surface area contributed by atoms with E-state index in [1.165, 1.54) is 12.0 Å². The van der Waals surface area contributed by atoms with Gasteiger partial charge in [-0.3, -0.25) is 19.2 Å². The third kappa shape index (κ3) is 6.92. The number of piperidine rings is 1. The van der Waals surface area contributed by atoms with Crippen LogP contribution in [0.4, 0.5) is 5.69 Å². The number of para-hydroxylation sites is 1. The molecule has 3 aliphatic heterocycles. The van der Waals surface area contributed by atoms with Crippen LogP contribution in [0.3, 0.4) is 0 Å². The Balaban J connectivity index is 1.06. The quantitative estimate of drug-likeness (QED) is 0.340. The molecule has 3 N–H and O–H groups in total. The molecule has 4 aliphatic rings. The van der Waals surface area contributed by atoms with Crippen molar-refractivity contribution in [1.29, 1.82) is 0 Å². The second-order valence-corrected chi connectivity index (χ2v) is 13.9. The third-order valence-electron chi connectivity index (χ3n) is 10.9. The van der Waals surface area contributed by atoms with Crippen molar-refractivity contribution in [1.82, 2.24) is 25.8 Å². The van der Waals surface area contributed by atoms with E-state index < -0.39 is 17.6 Å². The minimum atomic E-state index is -0.867. The largest absolute Gasteiger partial charge is 0.352 e. The smallest absolute Gasteiger partial charge is 0.250 e. The molecular weight excluding hydrogens is 616 g/mol. The van der Waals surface area contributed by atoms with E-state index in [1.54, 1.807) is 9.80 Å². The highest BCUT2D eigenvalue weighted by Gasteiger charge is 2.54. The van der Waals surface area contributed by atoms with Gasteiger partial charge in [-0.2, -0.15) is 0 Å². The van der Waals surface area contributed by atoms with Crippen LogP contribution >= 0.6 is 0 Å². The van der Waals surface area contributed by atoms with Crippen LogP contribution in [0.25, 0.3) is 0 Å². The van der Waals surface area contributed by atoms with Crippen molar-refractivity contribution >= 4 is 29.3 Å². The Morgan fingerprint density at radius 2 is 1.49 bits per heavy atom. The summed E-state index contributed by atoms with van der Waals surface area (Å²) in [6.45, 7) is 1.63. The van der Waals surface area contributed by atoms with Gasteiger partial charge in [0, 0.05) is 31.4 Å². The zero-order valence-corrected chi connectivity index (χ0v) is 28.0.